The quantitative estimate of drug-likeness (QED) is 0.328. The number of allylic oxidation sites excluding steroid dienone is 2. The molecule has 100 valence electrons. The molecular weight excluding hydrogens is 236 g/mol. The zero-order chi connectivity index (χ0) is 13.5. The SMILES string of the molecule is COC(=O)CCC/C=C\CC1C(=O)C[C@@H](O)C1=O. The smallest absolute Gasteiger partial charge is 0.305 e. The van der Waals surface area contributed by atoms with Gasteiger partial charge in [0.2, 0.25) is 0 Å². The first-order valence-corrected chi connectivity index (χ1v) is 6.02. The second-order valence-corrected chi connectivity index (χ2v) is 4.32. The van der Waals surface area contributed by atoms with Gasteiger partial charge in [-0.15, -0.1) is 0 Å². The average Bonchev–Trinajstić information content (AvgIpc) is 2.59. The lowest BCUT2D eigenvalue weighted by molar-refractivity contribution is -0.140. The topological polar surface area (TPSA) is 80.7 Å². The van der Waals surface area contributed by atoms with Crippen LogP contribution < -0.4 is 0 Å². The summed E-state index contributed by atoms with van der Waals surface area (Å²) < 4.78 is 4.50. The van der Waals surface area contributed by atoms with E-state index in [0.717, 1.165) is 0 Å². The molecule has 5 nitrogen and oxygen atoms in total. The molecular formula is C13H18O5. The van der Waals surface area contributed by atoms with Gasteiger partial charge in [-0.05, 0) is 19.3 Å². The minimum absolute atomic E-state index is 0.0559. The standard InChI is InChI=1S/C13H18O5/c1-18-12(16)7-5-3-2-4-6-9-10(14)8-11(15)13(9)17/h2,4,9,11,15H,3,5-8H2,1H3/b4-2-/t9?,11-/m1/s1. The Balaban J connectivity index is 2.22. The van der Waals surface area contributed by atoms with Crippen molar-refractivity contribution in [3.05, 3.63) is 12.2 Å². The number of Topliss-reactive ketones (excluding diaryl/α,β-unsaturated/α-hetero) is 2. The molecule has 1 N–H and O–H groups in total. The second kappa shape index (κ2) is 7.06. The summed E-state index contributed by atoms with van der Waals surface area (Å²) in [5.41, 5.74) is 0. The number of aliphatic hydroxyl groups excluding tert-OH is 1. The highest BCUT2D eigenvalue weighted by Gasteiger charge is 2.38. The van der Waals surface area contributed by atoms with Crippen LogP contribution in [-0.2, 0) is 19.1 Å². The molecule has 18 heavy (non-hydrogen) atoms. The third kappa shape index (κ3) is 4.07. The molecule has 1 aliphatic carbocycles. The second-order valence-electron chi connectivity index (χ2n) is 4.32. The van der Waals surface area contributed by atoms with Crippen molar-refractivity contribution in [2.45, 2.75) is 38.2 Å². The number of hydrogen-bond acceptors (Lipinski definition) is 5. The third-order valence-corrected chi connectivity index (χ3v) is 2.97. The first-order valence-electron chi connectivity index (χ1n) is 6.02. The van der Waals surface area contributed by atoms with Crippen LogP contribution in [0.5, 0.6) is 0 Å². The number of ketones is 2. The predicted octanol–water partition coefficient (Wildman–Crippen LogP) is 0.795. The van der Waals surface area contributed by atoms with Gasteiger partial charge in [0.1, 0.15) is 11.9 Å². The Labute approximate surface area is 106 Å². The van der Waals surface area contributed by atoms with Crippen molar-refractivity contribution in [1.82, 2.24) is 0 Å². The van der Waals surface area contributed by atoms with Gasteiger partial charge in [0, 0.05) is 12.8 Å². The lowest BCUT2D eigenvalue weighted by Gasteiger charge is -2.02. The highest BCUT2D eigenvalue weighted by atomic mass is 16.5. The summed E-state index contributed by atoms with van der Waals surface area (Å²) in [7, 11) is 1.35. The third-order valence-electron chi connectivity index (χ3n) is 2.97. The van der Waals surface area contributed by atoms with Crippen molar-refractivity contribution in [3.8, 4) is 0 Å². The predicted molar refractivity (Wildman–Crippen MR) is 63.8 cm³/mol. The maximum Gasteiger partial charge on any atom is 0.305 e. The maximum absolute atomic E-state index is 11.4. The summed E-state index contributed by atoms with van der Waals surface area (Å²) in [4.78, 5) is 33.6. The number of rotatable bonds is 6. The Morgan fingerprint density at radius 1 is 1.44 bits per heavy atom. The molecule has 0 radical (unpaired) electrons. The van der Waals surface area contributed by atoms with Gasteiger partial charge in [-0.2, -0.15) is 0 Å². The zero-order valence-corrected chi connectivity index (χ0v) is 10.4. The fraction of sp³-hybridized carbons (Fsp3) is 0.615. The summed E-state index contributed by atoms with van der Waals surface area (Å²) in [5, 5.41) is 9.22. The average molecular weight is 254 g/mol. The summed E-state index contributed by atoms with van der Waals surface area (Å²) in [6, 6.07) is 0. The van der Waals surface area contributed by atoms with E-state index in [2.05, 4.69) is 4.74 Å². The van der Waals surface area contributed by atoms with Crippen molar-refractivity contribution in [2.24, 2.45) is 5.92 Å². The van der Waals surface area contributed by atoms with Crippen molar-refractivity contribution < 1.29 is 24.2 Å². The van der Waals surface area contributed by atoms with Gasteiger partial charge in [-0.1, -0.05) is 12.2 Å². The van der Waals surface area contributed by atoms with Crippen molar-refractivity contribution in [2.75, 3.05) is 7.11 Å². The van der Waals surface area contributed by atoms with Crippen LogP contribution >= 0.6 is 0 Å². The molecule has 1 fully saturated rings. The van der Waals surface area contributed by atoms with Crippen LogP contribution in [0.4, 0.5) is 0 Å². The Morgan fingerprint density at radius 3 is 2.72 bits per heavy atom. The molecule has 5 heteroatoms. The number of esters is 1. The highest BCUT2D eigenvalue weighted by molar-refractivity contribution is 6.11. The van der Waals surface area contributed by atoms with Gasteiger partial charge in [0.25, 0.3) is 0 Å². The van der Waals surface area contributed by atoms with Crippen molar-refractivity contribution >= 4 is 17.5 Å². The molecule has 0 aromatic heterocycles. The van der Waals surface area contributed by atoms with Crippen LogP contribution in [0.2, 0.25) is 0 Å². The van der Waals surface area contributed by atoms with E-state index < -0.39 is 12.0 Å². The Morgan fingerprint density at radius 2 is 2.17 bits per heavy atom. The number of unbranched alkanes of at least 4 members (excludes halogenated alkanes) is 1. The van der Waals surface area contributed by atoms with Crippen LogP contribution in [0.25, 0.3) is 0 Å². The molecule has 2 atom stereocenters. The normalized spacial score (nSPS) is 23.9. The highest BCUT2D eigenvalue weighted by Crippen LogP contribution is 2.21. The van der Waals surface area contributed by atoms with Gasteiger partial charge < -0.3 is 9.84 Å². The van der Waals surface area contributed by atoms with Gasteiger partial charge in [-0.3, -0.25) is 14.4 Å². The van der Waals surface area contributed by atoms with E-state index in [1.54, 1.807) is 6.08 Å². The van der Waals surface area contributed by atoms with Gasteiger partial charge >= 0.3 is 5.97 Å². The largest absolute Gasteiger partial charge is 0.469 e. The summed E-state index contributed by atoms with van der Waals surface area (Å²) in [6.07, 6.45) is 4.51. The Kier molecular flexibility index (Phi) is 5.71. The van der Waals surface area contributed by atoms with Crippen molar-refractivity contribution in [3.63, 3.8) is 0 Å². The van der Waals surface area contributed by atoms with Gasteiger partial charge in [0.05, 0.1) is 13.0 Å². The van der Waals surface area contributed by atoms with Crippen LogP contribution in [0, 0.1) is 5.92 Å². The lowest BCUT2D eigenvalue weighted by atomic mass is 10.0. The first kappa shape index (κ1) is 14.6. The Bertz CT molecular complexity index is 358. The molecule has 0 spiro atoms. The van der Waals surface area contributed by atoms with Crippen LogP contribution in [0.1, 0.15) is 32.1 Å². The molecule has 1 aliphatic rings. The molecule has 0 saturated heterocycles. The number of carbonyl (C=O) groups excluding carboxylic acids is 3. The van der Waals surface area contributed by atoms with Crippen LogP contribution in [0.15, 0.2) is 12.2 Å². The minimum atomic E-state index is -1.12. The number of ether oxygens (including phenoxy) is 1. The molecule has 0 bridgehead atoms. The summed E-state index contributed by atoms with van der Waals surface area (Å²) >= 11 is 0. The molecule has 1 unspecified atom stereocenters. The fourth-order valence-electron chi connectivity index (χ4n) is 1.89. The molecule has 0 aromatic carbocycles. The molecule has 0 amide bonds. The van der Waals surface area contributed by atoms with Crippen molar-refractivity contribution in [1.29, 1.82) is 0 Å². The summed E-state index contributed by atoms with van der Waals surface area (Å²) in [6.45, 7) is 0. The number of methoxy groups -OCH3 is 1. The molecule has 1 saturated carbocycles. The monoisotopic (exact) mass is 254 g/mol. The van der Waals surface area contributed by atoms with E-state index >= 15 is 0 Å². The lowest BCUT2D eigenvalue weighted by Crippen LogP contribution is -2.19. The molecule has 0 aromatic rings. The Hall–Kier alpha value is -1.49. The van der Waals surface area contributed by atoms with Gasteiger partial charge in [0.15, 0.2) is 5.78 Å². The van der Waals surface area contributed by atoms with Gasteiger partial charge in [-0.25, -0.2) is 0 Å². The van der Waals surface area contributed by atoms with E-state index in [0.29, 0.717) is 25.7 Å². The van der Waals surface area contributed by atoms with Crippen LogP contribution in [0.3, 0.4) is 0 Å². The van der Waals surface area contributed by atoms with Crippen LogP contribution in [-0.4, -0.2) is 35.9 Å². The summed E-state index contributed by atoms with van der Waals surface area (Å²) in [5.74, 6) is -1.49. The minimum Gasteiger partial charge on any atom is -0.469 e. The van der Waals surface area contributed by atoms with E-state index in [1.807, 2.05) is 6.08 Å². The van der Waals surface area contributed by atoms with E-state index in [-0.39, 0.29) is 24.0 Å². The first-order chi connectivity index (χ1) is 8.56. The molecule has 0 heterocycles. The fourth-order valence-corrected chi connectivity index (χ4v) is 1.89. The zero-order valence-electron chi connectivity index (χ0n) is 10.4. The van der Waals surface area contributed by atoms with E-state index in [9.17, 15) is 19.5 Å². The molecule has 1 rings (SSSR count). The number of hydrogen-bond donors (Lipinski definition) is 1. The number of aliphatic hydroxyl groups is 1. The maximum atomic E-state index is 11.4. The molecule has 0 aliphatic heterocycles. The van der Waals surface area contributed by atoms with E-state index in [4.69, 9.17) is 0 Å². The number of carbonyl (C=O) groups is 3. The van der Waals surface area contributed by atoms with E-state index in [1.165, 1.54) is 7.11 Å².